The first-order valence-corrected chi connectivity index (χ1v) is 9.93. The van der Waals surface area contributed by atoms with E-state index in [-0.39, 0.29) is 22.6 Å². The molecule has 148 valence electrons. The molecular weight excluding hydrogens is 354 g/mol. The molecule has 4 rings (SSSR count). The summed E-state index contributed by atoms with van der Waals surface area (Å²) in [7, 11) is 0. The molecule has 0 bridgehead atoms. The molecule has 7 heteroatoms. The van der Waals surface area contributed by atoms with Gasteiger partial charge in [-0.25, -0.2) is 9.67 Å². The first-order chi connectivity index (χ1) is 13.4. The predicted octanol–water partition coefficient (Wildman–Crippen LogP) is 2.43. The number of carbonyl (C=O) groups is 2. The van der Waals surface area contributed by atoms with Crippen LogP contribution >= 0.6 is 0 Å². The van der Waals surface area contributed by atoms with Gasteiger partial charge >= 0.3 is 0 Å². The van der Waals surface area contributed by atoms with E-state index < -0.39 is 0 Å². The summed E-state index contributed by atoms with van der Waals surface area (Å²) in [6.07, 6.45) is 5.35. The molecule has 2 aliphatic rings. The normalized spacial score (nSPS) is 19.9. The van der Waals surface area contributed by atoms with Crippen LogP contribution < -0.4 is 5.32 Å². The van der Waals surface area contributed by atoms with Gasteiger partial charge in [-0.3, -0.25) is 9.59 Å². The van der Waals surface area contributed by atoms with Gasteiger partial charge in [0.25, 0.3) is 5.91 Å². The van der Waals surface area contributed by atoms with Crippen LogP contribution in [-0.2, 0) is 4.79 Å². The third-order valence-electron chi connectivity index (χ3n) is 6.17. The summed E-state index contributed by atoms with van der Waals surface area (Å²) in [6.45, 7) is 6.32. The molecule has 1 aromatic heterocycles. The van der Waals surface area contributed by atoms with E-state index in [1.54, 1.807) is 11.0 Å². The van der Waals surface area contributed by atoms with Crippen molar-refractivity contribution in [2.45, 2.75) is 39.5 Å². The molecule has 0 atom stereocenters. The smallest absolute Gasteiger partial charge is 0.290 e. The zero-order valence-electron chi connectivity index (χ0n) is 16.5. The maximum Gasteiger partial charge on any atom is 0.290 e. The maximum absolute atomic E-state index is 12.5. The summed E-state index contributed by atoms with van der Waals surface area (Å²) in [5.74, 6) is 0.205. The van der Waals surface area contributed by atoms with Crippen LogP contribution in [0.3, 0.4) is 0 Å². The molecule has 1 saturated carbocycles. The standard InChI is InChI=1S/C21H27N5O2/c1-20(10-12-25(13-11-20)19(28)21(2)8-9-21)14-22-18(27)17-23-15-26(24-17)16-6-4-3-5-7-16/h3-7,15H,8-14H2,1-2H3,(H,22,27). The highest BCUT2D eigenvalue weighted by Crippen LogP contribution is 2.47. The SMILES string of the molecule is CC1(CNC(=O)c2ncn(-c3ccccc3)n2)CCN(C(=O)C2(C)CC2)CC1. The van der Waals surface area contributed by atoms with E-state index in [9.17, 15) is 9.59 Å². The van der Waals surface area contributed by atoms with Crippen molar-refractivity contribution in [1.29, 1.82) is 0 Å². The van der Waals surface area contributed by atoms with Gasteiger partial charge < -0.3 is 10.2 Å². The minimum Gasteiger partial charge on any atom is -0.349 e. The van der Waals surface area contributed by atoms with Gasteiger partial charge in [0, 0.05) is 25.0 Å². The van der Waals surface area contributed by atoms with E-state index in [2.05, 4.69) is 29.2 Å². The first-order valence-electron chi connectivity index (χ1n) is 9.93. The highest BCUT2D eigenvalue weighted by atomic mass is 16.2. The molecule has 2 aromatic rings. The molecule has 1 aromatic carbocycles. The van der Waals surface area contributed by atoms with Crippen molar-refractivity contribution in [3.05, 3.63) is 42.5 Å². The van der Waals surface area contributed by atoms with Crippen molar-refractivity contribution < 1.29 is 9.59 Å². The summed E-state index contributed by atoms with van der Waals surface area (Å²) in [5, 5.41) is 7.26. The Morgan fingerprint density at radius 1 is 1.07 bits per heavy atom. The monoisotopic (exact) mass is 381 g/mol. The number of amides is 2. The topological polar surface area (TPSA) is 80.1 Å². The fourth-order valence-electron chi connectivity index (χ4n) is 3.65. The number of hydrogen-bond acceptors (Lipinski definition) is 4. The van der Waals surface area contributed by atoms with E-state index in [1.807, 2.05) is 35.2 Å². The largest absolute Gasteiger partial charge is 0.349 e. The summed E-state index contributed by atoms with van der Waals surface area (Å²) in [4.78, 5) is 31.1. The van der Waals surface area contributed by atoms with Gasteiger partial charge in [0.1, 0.15) is 6.33 Å². The van der Waals surface area contributed by atoms with Crippen LogP contribution in [0.1, 0.15) is 50.1 Å². The van der Waals surface area contributed by atoms with E-state index in [0.29, 0.717) is 12.5 Å². The quantitative estimate of drug-likeness (QED) is 0.863. The highest BCUT2D eigenvalue weighted by Gasteiger charge is 2.48. The molecular formula is C21H27N5O2. The Bertz CT molecular complexity index is 864. The van der Waals surface area contributed by atoms with Gasteiger partial charge in [0.2, 0.25) is 11.7 Å². The molecule has 2 amide bonds. The maximum atomic E-state index is 12.5. The Morgan fingerprint density at radius 3 is 2.39 bits per heavy atom. The zero-order valence-corrected chi connectivity index (χ0v) is 16.5. The zero-order chi connectivity index (χ0) is 19.8. The molecule has 2 heterocycles. The minimum atomic E-state index is -0.264. The Balaban J connectivity index is 1.30. The highest BCUT2D eigenvalue weighted by molar-refractivity contribution is 5.90. The molecule has 7 nitrogen and oxygen atoms in total. The lowest BCUT2D eigenvalue weighted by atomic mass is 9.80. The second-order valence-electron chi connectivity index (χ2n) is 8.69. The molecule has 1 aliphatic carbocycles. The summed E-state index contributed by atoms with van der Waals surface area (Å²) < 4.78 is 1.60. The van der Waals surface area contributed by atoms with Gasteiger partial charge in [-0.15, -0.1) is 5.10 Å². The Kier molecular flexibility index (Phi) is 4.69. The van der Waals surface area contributed by atoms with E-state index in [4.69, 9.17) is 0 Å². The molecule has 1 N–H and O–H groups in total. The van der Waals surface area contributed by atoms with Gasteiger partial charge in [-0.2, -0.15) is 0 Å². The molecule has 1 aliphatic heterocycles. The Hall–Kier alpha value is -2.70. The molecule has 0 unspecified atom stereocenters. The number of aromatic nitrogens is 3. The van der Waals surface area contributed by atoms with Crippen LogP contribution in [-0.4, -0.2) is 51.1 Å². The van der Waals surface area contributed by atoms with Crippen molar-refractivity contribution in [3.63, 3.8) is 0 Å². The number of nitrogens with zero attached hydrogens (tertiary/aromatic N) is 4. The molecule has 28 heavy (non-hydrogen) atoms. The lowest BCUT2D eigenvalue weighted by Gasteiger charge is -2.40. The number of piperidine rings is 1. The van der Waals surface area contributed by atoms with E-state index in [1.165, 1.54) is 0 Å². The minimum absolute atomic E-state index is 0.0150. The van der Waals surface area contributed by atoms with Crippen LogP contribution in [0.5, 0.6) is 0 Å². The van der Waals surface area contributed by atoms with Crippen LogP contribution in [0.2, 0.25) is 0 Å². The number of carbonyl (C=O) groups excluding carboxylic acids is 2. The van der Waals surface area contributed by atoms with Gasteiger partial charge in [0.05, 0.1) is 5.69 Å². The number of benzene rings is 1. The number of likely N-dealkylation sites (tertiary alicyclic amines) is 1. The average Bonchev–Trinajstić information content (AvgIpc) is 3.28. The third-order valence-corrected chi connectivity index (χ3v) is 6.17. The van der Waals surface area contributed by atoms with Crippen LogP contribution in [0, 0.1) is 10.8 Å². The Labute approximate surface area is 165 Å². The van der Waals surface area contributed by atoms with Crippen molar-refractivity contribution in [1.82, 2.24) is 25.0 Å². The number of rotatable bonds is 5. The lowest BCUT2D eigenvalue weighted by Crippen LogP contribution is -2.48. The molecule has 0 radical (unpaired) electrons. The summed E-state index contributed by atoms with van der Waals surface area (Å²) in [5.41, 5.74) is 0.742. The van der Waals surface area contributed by atoms with E-state index in [0.717, 1.165) is 44.5 Å². The third kappa shape index (κ3) is 3.79. The van der Waals surface area contributed by atoms with Crippen molar-refractivity contribution in [2.24, 2.45) is 10.8 Å². The second-order valence-corrected chi connectivity index (χ2v) is 8.69. The number of nitrogens with one attached hydrogen (secondary N) is 1. The molecule has 0 spiro atoms. The molecule has 1 saturated heterocycles. The molecule has 2 fully saturated rings. The Morgan fingerprint density at radius 2 is 1.75 bits per heavy atom. The van der Waals surface area contributed by atoms with Crippen LogP contribution in [0.4, 0.5) is 0 Å². The number of para-hydroxylation sites is 1. The predicted molar refractivity (Wildman–Crippen MR) is 105 cm³/mol. The second kappa shape index (κ2) is 7.04. The number of hydrogen-bond donors (Lipinski definition) is 1. The van der Waals surface area contributed by atoms with Crippen LogP contribution in [0.25, 0.3) is 5.69 Å². The van der Waals surface area contributed by atoms with Crippen molar-refractivity contribution >= 4 is 11.8 Å². The van der Waals surface area contributed by atoms with Crippen molar-refractivity contribution in [2.75, 3.05) is 19.6 Å². The van der Waals surface area contributed by atoms with Crippen LogP contribution in [0.15, 0.2) is 36.7 Å². The summed E-state index contributed by atoms with van der Waals surface area (Å²) >= 11 is 0. The van der Waals surface area contributed by atoms with Crippen molar-refractivity contribution in [3.8, 4) is 5.69 Å². The van der Waals surface area contributed by atoms with Gasteiger partial charge in [0.15, 0.2) is 0 Å². The van der Waals surface area contributed by atoms with Gasteiger partial charge in [-0.05, 0) is 43.2 Å². The fourth-order valence-corrected chi connectivity index (χ4v) is 3.65. The first kappa shape index (κ1) is 18.7. The van der Waals surface area contributed by atoms with Gasteiger partial charge in [-0.1, -0.05) is 32.0 Å². The fraction of sp³-hybridized carbons (Fsp3) is 0.524. The lowest BCUT2D eigenvalue weighted by molar-refractivity contribution is -0.138. The van der Waals surface area contributed by atoms with E-state index >= 15 is 0 Å². The average molecular weight is 381 g/mol. The summed E-state index contributed by atoms with van der Waals surface area (Å²) in [6, 6.07) is 9.58.